The van der Waals surface area contributed by atoms with E-state index in [9.17, 15) is 13.2 Å². The molecule has 0 amide bonds. The third kappa shape index (κ3) is 6.03. The highest BCUT2D eigenvalue weighted by Gasteiger charge is 2.30. The Kier molecular flexibility index (Phi) is 7.14. The minimum atomic E-state index is -4.30. The van der Waals surface area contributed by atoms with Gasteiger partial charge in [0.1, 0.15) is 0 Å². The summed E-state index contributed by atoms with van der Waals surface area (Å²) in [5.41, 5.74) is 2.74. The second kappa shape index (κ2) is 8.36. The number of hydrazine groups is 1. The Morgan fingerprint density at radius 3 is 2.43 bits per heavy atom. The van der Waals surface area contributed by atoms with Gasteiger partial charge in [-0.2, -0.15) is 13.2 Å². The first-order chi connectivity index (χ1) is 9.90. The van der Waals surface area contributed by atoms with E-state index in [0.717, 1.165) is 32.1 Å². The van der Waals surface area contributed by atoms with Crippen LogP contribution in [0.15, 0.2) is 24.3 Å². The van der Waals surface area contributed by atoms with Crippen molar-refractivity contribution in [1.82, 2.24) is 10.3 Å². The van der Waals surface area contributed by atoms with Crippen LogP contribution in [0.25, 0.3) is 0 Å². The molecule has 1 aromatic carbocycles. The van der Waals surface area contributed by atoms with Crippen LogP contribution in [0.5, 0.6) is 0 Å². The van der Waals surface area contributed by atoms with Crippen molar-refractivity contribution in [2.75, 3.05) is 19.6 Å². The molecule has 21 heavy (non-hydrogen) atoms. The van der Waals surface area contributed by atoms with Crippen LogP contribution in [-0.4, -0.2) is 30.6 Å². The predicted molar refractivity (Wildman–Crippen MR) is 78.7 cm³/mol. The summed E-state index contributed by atoms with van der Waals surface area (Å²) in [5, 5.41) is 0. The number of nitrogens with two attached hydrogens (primary N) is 1. The van der Waals surface area contributed by atoms with Crippen LogP contribution in [0.4, 0.5) is 13.2 Å². The van der Waals surface area contributed by atoms with Crippen LogP contribution in [0.3, 0.4) is 0 Å². The highest BCUT2D eigenvalue weighted by atomic mass is 19.4. The predicted octanol–water partition coefficient (Wildman–Crippen LogP) is 2.81. The van der Waals surface area contributed by atoms with Crippen LogP contribution in [0.2, 0.25) is 0 Å². The zero-order chi connectivity index (χ0) is 15.9. The summed E-state index contributed by atoms with van der Waals surface area (Å²) in [6, 6.07) is 5.40. The SMILES string of the molecule is CCN(CC)CCC(Cc1cccc(C(F)(F)F)c1)NN. The van der Waals surface area contributed by atoms with E-state index in [0.29, 0.717) is 12.0 Å². The molecule has 0 spiro atoms. The van der Waals surface area contributed by atoms with E-state index in [1.807, 2.05) is 0 Å². The van der Waals surface area contributed by atoms with E-state index in [4.69, 9.17) is 5.84 Å². The minimum Gasteiger partial charge on any atom is -0.304 e. The lowest BCUT2D eigenvalue weighted by Gasteiger charge is -2.22. The number of alkyl halides is 3. The Labute approximate surface area is 124 Å². The Morgan fingerprint density at radius 1 is 1.24 bits per heavy atom. The van der Waals surface area contributed by atoms with E-state index < -0.39 is 11.7 Å². The van der Waals surface area contributed by atoms with Gasteiger partial charge in [-0.05, 0) is 44.1 Å². The Hall–Kier alpha value is -1.11. The molecule has 0 saturated heterocycles. The smallest absolute Gasteiger partial charge is 0.304 e. The summed E-state index contributed by atoms with van der Waals surface area (Å²) in [6.07, 6.45) is -3.01. The maximum absolute atomic E-state index is 12.7. The van der Waals surface area contributed by atoms with Crippen LogP contribution in [0.1, 0.15) is 31.4 Å². The van der Waals surface area contributed by atoms with Gasteiger partial charge in [-0.15, -0.1) is 0 Å². The van der Waals surface area contributed by atoms with Crippen molar-refractivity contribution in [2.45, 2.75) is 38.9 Å². The molecule has 1 atom stereocenters. The van der Waals surface area contributed by atoms with Crippen molar-refractivity contribution in [3.63, 3.8) is 0 Å². The molecule has 0 aromatic heterocycles. The van der Waals surface area contributed by atoms with Crippen molar-refractivity contribution in [3.8, 4) is 0 Å². The van der Waals surface area contributed by atoms with Crippen molar-refractivity contribution < 1.29 is 13.2 Å². The van der Waals surface area contributed by atoms with Crippen molar-refractivity contribution in [1.29, 1.82) is 0 Å². The largest absolute Gasteiger partial charge is 0.416 e. The van der Waals surface area contributed by atoms with Crippen LogP contribution in [0, 0.1) is 0 Å². The normalized spacial score (nSPS) is 13.7. The molecule has 0 radical (unpaired) electrons. The van der Waals surface area contributed by atoms with Gasteiger partial charge in [0.15, 0.2) is 0 Å². The third-order valence-electron chi connectivity index (χ3n) is 3.66. The first kappa shape index (κ1) is 17.9. The topological polar surface area (TPSA) is 41.3 Å². The average molecular weight is 303 g/mol. The third-order valence-corrected chi connectivity index (χ3v) is 3.66. The van der Waals surface area contributed by atoms with Crippen molar-refractivity contribution in [3.05, 3.63) is 35.4 Å². The number of nitrogens with one attached hydrogen (secondary N) is 1. The second-order valence-electron chi connectivity index (χ2n) is 5.08. The molecule has 6 heteroatoms. The number of hydrogen-bond acceptors (Lipinski definition) is 3. The van der Waals surface area contributed by atoms with Crippen molar-refractivity contribution >= 4 is 0 Å². The summed E-state index contributed by atoms with van der Waals surface area (Å²) in [7, 11) is 0. The van der Waals surface area contributed by atoms with Crippen LogP contribution >= 0.6 is 0 Å². The highest BCUT2D eigenvalue weighted by Crippen LogP contribution is 2.29. The molecule has 0 aliphatic heterocycles. The molecule has 1 unspecified atom stereocenters. The van der Waals surface area contributed by atoms with E-state index in [2.05, 4.69) is 24.2 Å². The number of rotatable bonds is 8. The lowest BCUT2D eigenvalue weighted by molar-refractivity contribution is -0.137. The fraction of sp³-hybridized carbons (Fsp3) is 0.600. The maximum atomic E-state index is 12.7. The summed E-state index contributed by atoms with van der Waals surface area (Å²) in [6.45, 7) is 6.96. The fourth-order valence-electron chi connectivity index (χ4n) is 2.28. The first-order valence-corrected chi connectivity index (χ1v) is 7.25. The quantitative estimate of drug-likeness (QED) is 0.573. The van der Waals surface area contributed by atoms with Gasteiger partial charge >= 0.3 is 6.18 Å². The molecule has 0 heterocycles. The monoisotopic (exact) mass is 303 g/mol. The summed E-state index contributed by atoms with van der Waals surface area (Å²) in [5.74, 6) is 5.52. The molecule has 120 valence electrons. The molecule has 1 aromatic rings. The second-order valence-corrected chi connectivity index (χ2v) is 5.08. The molecule has 0 aliphatic rings. The molecular formula is C15H24F3N3. The van der Waals surface area contributed by atoms with E-state index >= 15 is 0 Å². The van der Waals surface area contributed by atoms with Gasteiger partial charge in [0, 0.05) is 6.04 Å². The van der Waals surface area contributed by atoms with Crippen molar-refractivity contribution in [2.24, 2.45) is 5.84 Å². The number of halogens is 3. The Balaban J connectivity index is 2.65. The van der Waals surface area contributed by atoms with Gasteiger partial charge in [-0.1, -0.05) is 32.0 Å². The van der Waals surface area contributed by atoms with Gasteiger partial charge in [0.05, 0.1) is 5.56 Å². The first-order valence-electron chi connectivity index (χ1n) is 7.25. The van der Waals surface area contributed by atoms with E-state index in [1.165, 1.54) is 12.1 Å². The molecule has 0 fully saturated rings. The summed E-state index contributed by atoms with van der Waals surface area (Å²) in [4.78, 5) is 2.26. The number of hydrogen-bond donors (Lipinski definition) is 2. The molecule has 0 bridgehead atoms. The molecule has 3 N–H and O–H groups in total. The lowest BCUT2D eigenvalue weighted by Crippen LogP contribution is -2.39. The lowest BCUT2D eigenvalue weighted by atomic mass is 10.0. The fourth-order valence-corrected chi connectivity index (χ4v) is 2.28. The van der Waals surface area contributed by atoms with E-state index in [-0.39, 0.29) is 6.04 Å². The molecule has 3 nitrogen and oxygen atoms in total. The summed E-state index contributed by atoms with van der Waals surface area (Å²) < 4.78 is 38.1. The van der Waals surface area contributed by atoms with E-state index in [1.54, 1.807) is 6.07 Å². The number of benzene rings is 1. The zero-order valence-corrected chi connectivity index (χ0v) is 12.6. The minimum absolute atomic E-state index is 0.0333. The van der Waals surface area contributed by atoms with Crippen LogP contribution in [-0.2, 0) is 12.6 Å². The van der Waals surface area contributed by atoms with Gasteiger partial charge in [0.25, 0.3) is 0 Å². The van der Waals surface area contributed by atoms with Crippen LogP contribution < -0.4 is 11.3 Å². The standard InChI is InChI=1S/C15H24F3N3/c1-3-21(4-2)9-8-14(20-19)11-12-6-5-7-13(10-12)15(16,17)18/h5-7,10,14,20H,3-4,8-9,11,19H2,1-2H3. The maximum Gasteiger partial charge on any atom is 0.416 e. The zero-order valence-electron chi connectivity index (χ0n) is 12.6. The molecular weight excluding hydrogens is 279 g/mol. The average Bonchev–Trinajstić information content (AvgIpc) is 2.46. The Morgan fingerprint density at radius 2 is 1.90 bits per heavy atom. The Bertz CT molecular complexity index is 417. The molecule has 0 aliphatic carbocycles. The highest BCUT2D eigenvalue weighted by molar-refractivity contribution is 5.26. The van der Waals surface area contributed by atoms with Gasteiger partial charge in [-0.3, -0.25) is 11.3 Å². The molecule has 0 saturated carbocycles. The van der Waals surface area contributed by atoms with Gasteiger partial charge < -0.3 is 4.90 Å². The molecule has 1 rings (SSSR count). The number of nitrogens with zero attached hydrogens (tertiary/aromatic N) is 1. The van der Waals surface area contributed by atoms with Gasteiger partial charge in [0.2, 0.25) is 0 Å². The van der Waals surface area contributed by atoms with Gasteiger partial charge in [-0.25, -0.2) is 0 Å². The summed E-state index contributed by atoms with van der Waals surface area (Å²) >= 11 is 0.